The SMILES string of the molecule is O=C(O)C1(CNc2ccc3ccccc3c2)CCC1. The molecule has 2 N–H and O–H groups in total. The second-order valence-corrected chi connectivity index (χ2v) is 5.35. The first-order valence-corrected chi connectivity index (χ1v) is 6.66. The van der Waals surface area contributed by atoms with E-state index in [9.17, 15) is 9.90 Å². The van der Waals surface area contributed by atoms with Crippen molar-refractivity contribution in [1.29, 1.82) is 0 Å². The number of carbonyl (C=O) groups is 1. The second-order valence-electron chi connectivity index (χ2n) is 5.35. The van der Waals surface area contributed by atoms with Crippen LogP contribution in [0, 0.1) is 5.41 Å². The predicted octanol–water partition coefficient (Wildman–Crippen LogP) is 3.51. The highest BCUT2D eigenvalue weighted by Gasteiger charge is 2.44. The van der Waals surface area contributed by atoms with Crippen LogP contribution in [0.5, 0.6) is 0 Å². The fourth-order valence-electron chi connectivity index (χ4n) is 2.64. The van der Waals surface area contributed by atoms with Crippen LogP contribution in [-0.2, 0) is 4.79 Å². The molecule has 0 amide bonds. The fraction of sp³-hybridized carbons (Fsp3) is 0.312. The van der Waals surface area contributed by atoms with Crippen molar-refractivity contribution in [2.75, 3.05) is 11.9 Å². The first-order chi connectivity index (χ1) is 9.20. The van der Waals surface area contributed by atoms with Crippen LogP contribution in [0.3, 0.4) is 0 Å². The van der Waals surface area contributed by atoms with Gasteiger partial charge in [-0.2, -0.15) is 0 Å². The van der Waals surface area contributed by atoms with Crippen LogP contribution >= 0.6 is 0 Å². The third-order valence-electron chi connectivity index (χ3n) is 4.14. The van der Waals surface area contributed by atoms with Gasteiger partial charge in [0.2, 0.25) is 0 Å². The summed E-state index contributed by atoms with van der Waals surface area (Å²) in [6, 6.07) is 14.3. The van der Waals surface area contributed by atoms with E-state index in [2.05, 4.69) is 29.6 Å². The third-order valence-corrected chi connectivity index (χ3v) is 4.14. The lowest BCUT2D eigenvalue weighted by atomic mass is 9.69. The van der Waals surface area contributed by atoms with Gasteiger partial charge in [-0.3, -0.25) is 4.79 Å². The number of fused-ring (bicyclic) bond motifs is 1. The minimum absolute atomic E-state index is 0.515. The molecule has 0 atom stereocenters. The third kappa shape index (κ3) is 2.16. The molecule has 0 spiro atoms. The van der Waals surface area contributed by atoms with Crippen LogP contribution in [0.15, 0.2) is 42.5 Å². The zero-order valence-electron chi connectivity index (χ0n) is 10.7. The Labute approximate surface area is 112 Å². The molecule has 0 saturated heterocycles. The van der Waals surface area contributed by atoms with Crippen molar-refractivity contribution < 1.29 is 9.90 Å². The quantitative estimate of drug-likeness (QED) is 0.879. The normalized spacial score (nSPS) is 16.8. The first-order valence-electron chi connectivity index (χ1n) is 6.66. The minimum Gasteiger partial charge on any atom is -0.481 e. The Morgan fingerprint density at radius 1 is 1.16 bits per heavy atom. The molecule has 1 aliphatic rings. The summed E-state index contributed by atoms with van der Waals surface area (Å²) in [5.41, 5.74) is 0.442. The van der Waals surface area contributed by atoms with Crippen molar-refractivity contribution in [3.63, 3.8) is 0 Å². The lowest BCUT2D eigenvalue weighted by Crippen LogP contribution is -2.43. The lowest BCUT2D eigenvalue weighted by Gasteiger charge is -2.37. The standard InChI is InChI=1S/C16H17NO2/c18-15(19)16(8-3-9-16)11-17-14-7-6-12-4-1-2-5-13(12)10-14/h1-2,4-7,10,17H,3,8-9,11H2,(H,18,19). The molecule has 98 valence electrons. The zero-order valence-corrected chi connectivity index (χ0v) is 10.7. The maximum atomic E-state index is 11.3. The number of rotatable bonds is 4. The van der Waals surface area contributed by atoms with Gasteiger partial charge in [0.05, 0.1) is 5.41 Å². The average molecular weight is 255 g/mol. The number of aliphatic carboxylic acids is 1. The maximum Gasteiger partial charge on any atom is 0.311 e. The molecule has 2 aromatic carbocycles. The molecule has 2 aromatic rings. The van der Waals surface area contributed by atoms with Crippen LogP contribution < -0.4 is 5.32 Å². The number of anilines is 1. The number of hydrogen-bond donors (Lipinski definition) is 2. The van der Waals surface area contributed by atoms with Gasteiger partial charge in [-0.25, -0.2) is 0 Å². The van der Waals surface area contributed by atoms with Crippen LogP contribution in [0.25, 0.3) is 10.8 Å². The summed E-state index contributed by atoms with van der Waals surface area (Å²) in [5.74, 6) is -0.674. The van der Waals surface area contributed by atoms with Gasteiger partial charge in [0.25, 0.3) is 0 Å². The molecule has 3 rings (SSSR count). The summed E-state index contributed by atoms with van der Waals surface area (Å²) in [6.07, 6.45) is 2.58. The molecule has 1 fully saturated rings. The van der Waals surface area contributed by atoms with Gasteiger partial charge in [0.15, 0.2) is 0 Å². The van der Waals surface area contributed by atoms with Gasteiger partial charge in [-0.1, -0.05) is 36.8 Å². The molecule has 3 heteroatoms. The van der Waals surface area contributed by atoms with E-state index in [4.69, 9.17) is 0 Å². The summed E-state index contributed by atoms with van der Waals surface area (Å²) >= 11 is 0. The molecule has 1 aliphatic carbocycles. The molecule has 0 aromatic heterocycles. The second kappa shape index (κ2) is 4.57. The Morgan fingerprint density at radius 2 is 1.89 bits per heavy atom. The molecule has 0 aliphatic heterocycles. The van der Waals surface area contributed by atoms with E-state index in [1.54, 1.807) is 0 Å². The summed E-state index contributed by atoms with van der Waals surface area (Å²) in [6.45, 7) is 0.515. The van der Waals surface area contributed by atoms with E-state index in [0.717, 1.165) is 24.9 Å². The van der Waals surface area contributed by atoms with E-state index >= 15 is 0 Å². The van der Waals surface area contributed by atoms with Crippen LogP contribution in [-0.4, -0.2) is 17.6 Å². The molecular formula is C16H17NO2. The number of hydrogen-bond acceptors (Lipinski definition) is 2. The molecular weight excluding hydrogens is 238 g/mol. The fourth-order valence-corrected chi connectivity index (χ4v) is 2.64. The minimum atomic E-state index is -0.674. The Bertz CT molecular complexity index is 617. The first kappa shape index (κ1) is 12.0. The van der Waals surface area contributed by atoms with Gasteiger partial charge in [-0.05, 0) is 35.7 Å². The summed E-state index contributed by atoms with van der Waals surface area (Å²) in [5, 5.41) is 14.9. The van der Waals surface area contributed by atoms with E-state index in [1.165, 1.54) is 10.8 Å². The van der Waals surface area contributed by atoms with Gasteiger partial charge >= 0.3 is 5.97 Å². The van der Waals surface area contributed by atoms with Crippen LogP contribution in [0.4, 0.5) is 5.69 Å². The Balaban J connectivity index is 1.76. The predicted molar refractivity (Wildman–Crippen MR) is 76.4 cm³/mol. The number of benzene rings is 2. The topological polar surface area (TPSA) is 49.3 Å². The van der Waals surface area contributed by atoms with Crippen molar-refractivity contribution in [2.45, 2.75) is 19.3 Å². The highest BCUT2D eigenvalue weighted by molar-refractivity contribution is 5.85. The van der Waals surface area contributed by atoms with Crippen LogP contribution in [0.1, 0.15) is 19.3 Å². The molecule has 0 unspecified atom stereocenters. The molecule has 0 radical (unpaired) electrons. The van der Waals surface area contributed by atoms with E-state index < -0.39 is 11.4 Å². The van der Waals surface area contributed by atoms with Crippen molar-refractivity contribution in [3.05, 3.63) is 42.5 Å². The van der Waals surface area contributed by atoms with Crippen molar-refractivity contribution in [1.82, 2.24) is 0 Å². The van der Waals surface area contributed by atoms with Crippen molar-refractivity contribution in [2.24, 2.45) is 5.41 Å². The maximum absolute atomic E-state index is 11.3. The van der Waals surface area contributed by atoms with E-state index in [-0.39, 0.29) is 0 Å². The summed E-state index contributed by atoms with van der Waals surface area (Å²) in [7, 11) is 0. The van der Waals surface area contributed by atoms with Gasteiger partial charge in [0.1, 0.15) is 0 Å². The highest BCUT2D eigenvalue weighted by Crippen LogP contribution is 2.41. The molecule has 1 saturated carbocycles. The molecule has 0 bridgehead atoms. The Morgan fingerprint density at radius 3 is 2.53 bits per heavy atom. The zero-order chi connectivity index (χ0) is 13.3. The number of nitrogens with one attached hydrogen (secondary N) is 1. The largest absolute Gasteiger partial charge is 0.481 e. The van der Waals surface area contributed by atoms with E-state index in [0.29, 0.717) is 6.54 Å². The molecule has 3 nitrogen and oxygen atoms in total. The Hall–Kier alpha value is -2.03. The van der Waals surface area contributed by atoms with Crippen molar-refractivity contribution in [3.8, 4) is 0 Å². The summed E-state index contributed by atoms with van der Waals surface area (Å²) in [4.78, 5) is 11.3. The monoisotopic (exact) mass is 255 g/mol. The molecule has 0 heterocycles. The average Bonchev–Trinajstić information content (AvgIpc) is 2.37. The number of carboxylic acids is 1. The Kier molecular flexibility index (Phi) is 2.90. The van der Waals surface area contributed by atoms with Crippen LogP contribution in [0.2, 0.25) is 0 Å². The van der Waals surface area contributed by atoms with Gasteiger partial charge < -0.3 is 10.4 Å². The van der Waals surface area contributed by atoms with Gasteiger partial charge in [0, 0.05) is 12.2 Å². The smallest absolute Gasteiger partial charge is 0.311 e. The number of carboxylic acid groups (broad SMARTS) is 1. The van der Waals surface area contributed by atoms with Crippen molar-refractivity contribution >= 4 is 22.4 Å². The summed E-state index contributed by atoms with van der Waals surface area (Å²) < 4.78 is 0. The van der Waals surface area contributed by atoms with Gasteiger partial charge in [-0.15, -0.1) is 0 Å². The lowest BCUT2D eigenvalue weighted by molar-refractivity contribution is -0.153. The molecule has 19 heavy (non-hydrogen) atoms. The van der Waals surface area contributed by atoms with E-state index in [1.807, 2.05) is 18.2 Å². The highest BCUT2D eigenvalue weighted by atomic mass is 16.4.